The van der Waals surface area contributed by atoms with Crippen LogP contribution < -0.4 is 5.73 Å². The molecule has 2 unspecified atom stereocenters. The van der Waals surface area contributed by atoms with E-state index in [0.717, 1.165) is 0 Å². The van der Waals surface area contributed by atoms with E-state index in [0.29, 0.717) is 18.0 Å². The van der Waals surface area contributed by atoms with Gasteiger partial charge in [0.05, 0.1) is 6.04 Å². The van der Waals surface area contributed by atoms with Crippen molar-refractivity contribution < 1.29 is 4.74 Å². The minimum absolute atomic E-state index is 0.197. The Hall–Kier alpha value is -0.730. The molecule has 2 atom stereocenters. The monoisotopic (exact) mass is 182 g/mol. The molecule has 1 aliphatic heterocycles. The van der Waals surface area contributed by atoms with Crippen molar-refractivity contribution in [3.63, 3.8) is 0 Å². The Kier molecular flexibility index (Phi) is 2.42. The van der Waals surface area contributed by atoms with Crippen LogP contribution in [0.4, 0.5) is 0 Å². The molecule has 74 valence electrons. The highest BCUT2D eigenvalue weighted by Crippen LogP contribution is 2.32. The predicted molar refractivity (Wildman–Crippen MR) is 52.5 cm³/mol. The molecule has 3 nitrogen and oxygen atoms in total. The lowest BCUT2D eigenvalue weighted by Gasteiger charge is -2.26. The Morgan fingerprint density at radius 1 is 1.31 bits per heavy atom. The van der Waals surface area contributed by atoms with Gasteiger partial charge in [-0.05, 0) is 25.7 Å². The number of hydrogen-bond donors (Lipinski definition) is 1. The third-order valence-corrected chi connectivity index (χ3v) is 3.20. The van der Waals surface area contributed by atoms with Crippen molar-refractivity contribution in [3.05, 3.63) is 0 Å². The zero-order valence-corrected chi connectivity index (χ0v) is 8.20. The van der Waals surface area contributed by atoms with Gasteiger partial charge in [-0.1, -0.05) is 19.3 Å². The van der Waals surface area contributed by atoms with Gasteiger partial charge < -0.3 is 10.5 Å². The third kappa shape index (κ3) is 1.79. The maximum Gasteiger partial charge on any atom is 0.282 e. The highest BCUT2D eigenvalue weighted by molar-refractivity contribution is 5.73. The molecule has 1 heterocycles. The molecule has 2 aliphatic rings. The highest BCUT2D eigenvalue weighted by atomic mass is 16.5. The molecule has 0 radical (unpaired) electrons. The van der Waals surface area contributed by atoms with Crippen LogP contribution in [0.3, 0.4) is 0 Å². The molecule has 1 aliphatic carbocycles. The quantitative estimate of drug-likeness (QED) is 0.670. The summed E-state index contributed by atoms with van der Waals surface area (Å²) < 4.78 is 5.35. The molecule has 0 bridgehead atoms. The molecular weight excluding hydrogens is 164 g/mol. The first kappa shape index (κ1) is 8.85. The maximum atomic E-state index is 5.55. The third-order valence-electron chi connectivity index (χ3n) is 3.20. The molecule has 0 saturated heterocycles. The minimum Gasteiger partial charge on any atom is -0.460 e. The largest absolute Gasteiger partial charge is 0.460 e. The van der Waals surface area contributed by atoms with E-state index in [4.69, 9.17) is 10.5 Å². The van der Waals surface area contributed by atoms with Gasteiger partial charge in [0, 0.05) is 0 Å². The number of rotatable bonds is 1. The van der Waals surface area contributed by atoms with Crippen molar-refractivity contribution in [2.75, 3.05) is 0 Å². The Balaban J connectivity index is 1.98. The summed E-state index contributed by atoms with van der Waals surface area (Å²) in [6, 6.07) is 0.725. The second-order valence-electron chi connectivity index (χ2n) is 4.18. The summed E-state index contributed by atoms with van der Waals surface area (Å²) in [7, 11) is 0. The molecule has 2 N–H and O–H groups in total. The first-order valence-corrected chi connectivity index (χ1v) is 5.27. The molecule has 0 spiro atoms. The van der Waals surface area contributed by atoms with Crippen molar-refractivity contribution in [2.24, 2.45) is 16.6 Å². The number of nitrogens with two attached hydrogens (primary N) is 1. The van der Waals surface area contributed by atoms with E-state index in [-0.39, 0.29) is 6.10 Å². The van der Waals surface area contributed by atoms with Gasteiger partial charge in [0.2, 0.25) is 0 Å². The van der Waals surface area contributed by atoms with E-state index in [2.05, 4.69) is 11.9 Å². The number of ether oxygens (including phenoxy) is 1. The zero-order chi connectivity index (χ0) is 9.26. The van der Waals surface area contributed by atoms with Crippen LogP contribution in [0.5, 0.6) is 0 Å². The average molecular weight is 182 g/mol. The van der Waals surface area contributed by atoms with Crippen LogP contribution in [-0.2, 0) is 4.74 Å². The van der Waals surface area contributed by atoms with Crippen LogP contribution in [0.2, 0.25) is 0 Å². The molecule has 3 heteroatoms. The van der Waals surface area contributed by atoms with Crippen LogP contribution in [0.1, 0.15) is 39.0 Å². The molecule has 0 aromatic carbocycles. The lowest BCUT2D eigenvalue weighted by Crippen LogP contribution is -2.29. The Morgan fingerprint density at radius 3 is 2.54 bits per heavy atom. The van der Waals surface area contributed by atoms with Crippen LogP contribution in [0, 0.1) is 5.92 Å². The lowest BCUT2D eigenvalue weighted by atomic mass is 9.82. The first-order valence-electron chi connectivity index (χ1n) is 5.27. The van der Waals surface area contributed by atoms with Gasteiger partial charge in [-0.3, -0.25) is 0 Å². The molecule has 1 fully saturated rings. The number of amidine groups is 1. The number of hydrogen-bond acceptors (Lipinski definition) is 3. The maximum absolute atomic E-state index is 5.55. The second kappa shape index (κ2) is 3.56. The van der Waals surface area contributed by atoms with E-state index in [1.54, 1.807) is 0 Å². The summed E-state index contributed by atoms with van der Waals surface area (Å²) in [5.74, 6) is 0.713. The van der Waals surface area contributed by atoms with Crippen molar-refractivity contribution in [1.82, 2.24) is 0 Å². The van der Waals surface area contributed by atoms with Crippen LogP contribution in [0.15, 0.2) is 4.99 Å². The summed E-state index contributed by atoms with van der Waals surface area (Å²) in [5.41, 5.74) is 5.55. The molecule has 0 aromatic rings. The average Bonchev–Trinajstić information content (AvgIpc) is 2.47. The Labute approximate surface area is 79.4 Å². The van der Waals surface area contributed by atoms with E-state index in [9.17, 15) is 0 Å². The van der Waals surface area contributed by atoms with E-state index in [1.165, 1.54) is 32.1 Å². The number of nitrogens with zero attached hydrogens (tertiary/aromatic N) is 1. The zero-order valence-electron chi connectivity index (χ0n) is 8.20. The Bertz CT molecular complexity index is 209. The van der Waals surface area contributed by atoms with Crippen LogP contribution in [0.25, 0.3) is 0 Å². The van der Waals surface area contributed by atoms with E-state index >= 15 is 0 Å². The van der Waals surface area contributed by atoms with Gasteiger partial charge >= 0.3 is 0 Å². The summed E-state index contributed by atoms with van der Waals surface area (Å²) in [6.45, 7) is 2.07. The van der Waals surface area contributed by atoms with Gasteiger partial charge in [-0.15, -0.1) is 0 Å². The van der Waals surface area contributed by atoms with Gasteiger partial charge in [0.15, 0.2) is 0 Å². The highest BCUT2D eigenvalue weighted by Gasteiger charge is 2.33. The van der Waals surface area contributed by atoms with Crippen molar-refractivity contribution in [3.8, 4) is 0 Å². The van der Waals surface area contributed by atoms with Gasteiger partial charge in [0.1, 0.15) is 6.10 Å². The van der Waals surface area contributed by atoms with Crippen molar-refractivity contribution in [2.45, 2.75) is 51.2 Å². The summed E-state index contributed by atoms with van der Waals surface area (Å²) in [4.78, 5) is 4.37. The first-order chi connectivity index (χ1) is 6.27. The van der Waals surface area contributed by atoms with Crippen LogP contribution >= 0.6 is 0 Å². The minimum atomic E-state index is 0.197. The standard InChI is InChI=1S/C10H18N2O/c1-7-9(12-10(11)13-7)8-5-3-2-4-6-8/h7-9H,2-6H2,1H3,(H2,11,12). The molecule has 0 amide bonds. The van der Waals surface area contributed by atoms with Gasteiger partial charge in [-0.2, -0.15) is 0 Å². The Morgan fingerprint density at radius 2 is 2.00 bits per heavy atom. The SMILES string of the molecule is CC1OC(N)=NC1C1CCCCC1. The van der Waals surface area contributed by atoms with E-state index < -0.39 is 0 Å². The fourth-order valence-corrected chi connectivity index (χ4v) is 2.51. The topological polar surface area (TPSA) is 47.6 Å². The second-order valence-corrected chi connectivity index (χ2v) is 4.18. The summed E-state index contributed by atoms with van der Waals surface area (Å²) >= 11 is 0. The van der Waals surface area contributed by atoms with E-state index in [1.807, 2.05) is 0 Å². The van der Waals surface area contributed by atoms with Crippen LogP contribution in [-0.4, -0.2) is 18.2 Å². The molecule has 1 saturated carbocycles. The van der Waals surface area contributed by atoms with Crippen molar-refractivity contribution in [1.29, 1.82) is 0 Å². The number of aliphatic imine (C=N–C) groups is 1. The molecule has 2 rings (SSSR count). The van der Waals surface area contributed by atoms with Crippen molar-refractivity contribution >= 4 is 6.02 Å². The fourth-order valence-electron chi connectivity index (χ4n) is 2.51. The molecular formula is C10H18N2O. The lowest BCUT2D eigenvalue weighted by molar-refractivity contribution is 0.162. The predicted octanol–water partition coefficient (Wildman–Crippen LogP) is 1.67. The summed E-state index contributed by atoms with van der Waals surface area (Å²) in [5, 5.41) is 0. The van der Waals surface area contributed by atoms with Gasteiger partial charge in [-0.25, -0.2) is 4.99 Å². The smallest absolute Gasteiger partial charge is 0.282 e. The summed E-state index contributed by atoms with van der Waals surface area (Å²) in [6.07, 6.45) is 6.89. The molecule has 13 heavy (non-hydrogen) atoms. The molecule has 0 aromatic heterocycles. The fraction of sp³-hybridized carbons (Fsp3) is 0.900. The van der Waals surface area contributed by atoms with Gasteiger partial charge in [0.25, 0.3) is 6.02 Å². The normalized spacial score (nSPS) is 35.6.